The molecule has 1 heterocycles. The van der Waals surface area contributed by atoms with Gasteiger partial charge in [0.2, 0.25) is 5.88 Å². The van der Waals surface area contributed by atoms with E-state index in [9.17, 15) is 18.0 Å². The first-order chi connectivity index (χ1) is 10.3. The summed E-state index contributed by atoms with van der Waals surface area (Å²) in [6, 6.07) is 9.02. The Morgan fingerprint density at radius 2 is 1.91 bits per heavy atom. The second kappa shape index (κ2) is 6.65. The van der Waals surface area contributed by atoms with Crippen molar-refractivity contribution >= 4 is 23.2 Å². The van der Waals surface area contributed by atoms with Crippen LogP contribution in [0.3, 0.4) is 0 Å². The maximum absolute atomic E-state index is 12.2. The number of carbonyl (C=O) groups excluding carboxylic acids is 1. The first kappa shape index (κ1) is 16.1. The molecule has 2 rings (SSSR count). The van der Waals surface area contributed by atoms with Crippen molar-refractivity contribution in [2.45, 2.75) is 6.18 Å². The number of hydrogen-bond acceptors (Lipinski definition) is 3. The van der Waals surface area contributed by atoms with Crippen molar-refractivity contribution in [2.24, 2.45) is 0 Å². The Hall–Kier alpha value is -2.28. The van der Waals surface area contributed by atoms with Gasteiger partial charge in [0.25, 0.3) is 5.91 Å². The normalized spacial score (nSPS) is 11.1. The van der Waals surface area contributed by atoms with E-state index >= 15 is 0 Å². The number of rotatable bonds is 4. The van der Waals surface area contributed by atoms with Gasteiger partial charge in [-0.1, -0.05) is 11.6 Å². The molecule has 116 valence electrons. The van der Waals surface area contributed by atoms with Crippen molar-refractivity contribution in [3.63, 3.8) is 0 Å². The quantitative estimate of drug-likeness (QED) is 0.924. The number of anilines is 1. The number of pyridine rings is 1. The minimum Gasteiger partial charge on any atom is -0.467 e. The zero-order valence-electron chi connectivity index (χ0n) is 11.0. The largest absolute Gasteiger partial charge is 0.467 e. The molecular formula is C14H10ClF3N2O2. The van der Waals surface area contributed by atoms with Gasteiger partial charge < -0.3 is 10.1 Å². The molecule has 0 spiro atoms. The van der Waals surface area contributed by atoms with Gasteiger partial charge in [-0.15, -0.1) is 0 Å². The Kier molecular flexibility index (Phi) is 4.87. The van der Waals surface area contributed by atoms with Crippen molar-refractivity contribution in [2.75, 3.05) is 11.9 Å². The van der Waals surface area contributed by atoms with Gasteiger partial charge in [-0.25, -0.2) is 4.98 Å². The van der Waals surface area contributed by atoms with E-state index in [0.717, 1.165) is 0 Å². The molecule has 22 heavy (non-hydrogen) atoms. The molecule has 0 aliphatic carbocycles. The Morgan fingerprint density at radius 1 is 1.23 bits per heavy atom. The first-order valence-corrected chi connectivity index (χ1v) is 6.44. The summed E-state index contributed by atoms with van der Waals surface area (Å²) >= 11 is 5.73. The zero-order valence-corrected chi connectivity index (χ0v) is 11.8. The Bertz CT molecular complexity index is 660. The Morgan fingerprint density at radius 3 is 2.55 bits per heavy atom. The standard InChI is InChI=1S/C14H10ClF3N2O2/c15-9-3-5-10(6-4-9)20-12(21)11-2-1-7-19-13(11)22-8-14(16,17)18/h1-7H,8H2,(H,20,21). The SMILES string of the molecule is O=C(Nc1ccc(Cl)cc1)c1cccnc1OCC(F)(F)F. The van der Waals surface area contributed by atoms with Crippen LogP contribution in [0, 0.1) is 0 Å². The highest BCUT2D eigenvalue weighted by molar-refractivity contribution is 6.30. The molecule has 1 aromatic carbocycles. The van der Waals surface area contributed by atoms with Crippen LogP contribution in [0.1, 0.15) is 10.4 Å². The van der Waals surface area contributed by atoms with E-state index in [1.165, 1.54) is 18.3 Å². The average molecular weight is 331 g/mol. The number of halogens is 4. The monoisotopic (exact) mass is 330 g/mol. The molecule has 1 amide bonds. The van der Waals surface area contributed by atoms with Gasteiger partial charge in [-0.3, -0.25) is 4.79 Å². The number of nitrogens with zero attached hydrogens (tertiary/aromatic N) is 1. The van der Waals surface area contributed by atoms with E-state index in [1.807, 2.05) is 0 Å². The number of carbonyl (C=O) groups is 1. The van der Waals surface area contributed by atoms with Crippen LogP contribution in [-0.4, -0.2) is 23.7 Å². The third-order valence-corrected chi connectivity index (χ3v) is 2.74. The van der Waals surface area contributed by atoms with E-state index in [2.05, 4.69) is 15.0 Å². The molecular weight excluding hydrogens is 321 g/mol. The summed E-state index contributed by atoms with van der Waals surface area (Å²) < 4.78 is 41.1. The number of aromatic nitrogens is 1. The molecule has 1 aromatic heterocycles. The molecule has 8 heteroatoms. The van der Waals surface area contributed by atoms with Crippen LogP contribution >= 0.6 is 11.6 Å². The molecule has 0 saturated heterocycles. The minimum atomic E-state index is -4.51. The summed E-state index contributed by atoms with van der Waals surface area (Å²) in [5.41, 5.74) is 0.349. The van der Waals surface area contributed by atoms with Crippen LogP contribution in [0.25, 0.3) is 0 Å². The summed E-state index contributed by atoms with van der Waals surface area (Å²) in [5, 5.41) is 3.02. The summed E-state index contributed by atoms with van der Waals surface area (Å²) in [6.07, 6.45) is -3.27. The van der Waals surface area contributed by atoms with Crippen LogP contribution < -0.4 is 10.1 Å². The van der Waals surface area contributed by atoms with E-state index in [1.54, 1.807) is 24.3 Å². The second-order valence-electron chi connectivity index (χ2n) is 4.22. The topological polar surface area (TPSA) is 51.2 Å². The third-order valence-electron chi connectivity index (χ3n) is 2.49. The van der Waals surface area contributed by atoms with Gasteiger partial charge in [0.05, 0.1) is 0 Å². The number of nitrogens with one attached hydrogen (secondary N) is 1. The number of amides is 1. The number of ether oxygens (including phenoxy) is 1. The minimum absolute atomic E-state index is 0.0956. The molecule has 4 nitrogen and oxygen atoms in total. The molecule has 0 unspecified atom stereocenters. The van der Waals surface area contributed by atoms with E-state index < -0.39 is 18.7 Å². The van der Waals surface area contributed by atoms with Crippen LogP contribution in [0.2, 0.25) is 5.02 Å². The van der Waals surface area contributed by atoms with Gasteiger partial charge in [0.1, 0.15) is 5.56 Å². The maximum atomic E-state index is 12.2. The van der Waals surface area contributed by atoms with Crippen LogP contribution in [-0.2, 0) is 0 Å². The zero-order chi connectivity index (χ0) is 16.2. The van der Waals surface area contributed by atoms with Gasteiger partial charge in [0.15, 0.2) is 6.61 Å². The molecule has 0 aliphatic rings. The lowest BCUT2D eigenvalue weighted by Crippen LogP contribution is -2.21. The molecule has 0 radical (unpaired) electrons. The van der Waals surface area contributed by atoms with Gasteiger partial charge in [-0.2, -0.15) is 13.2 Å². The lowest BCUT2D eigenvalue weighted by Gasteiger charge is -2.12. The van der Waals surface area contributed by atoms with E-state index in [0.29, 0.717) is 10.7 Å². The molecule has 0 aliphatic heterocycles. The highest BCUT2D eigenvalue weighted by Crippen LogP contribution is 2.21. The Labute approximate surface area is 128 Å². The van der Waals surface area contributed by atoms with Gasteiger partial charge >= 0.3 is 6.18 Å². The maximum Gasteiger partial charge on any atom is 0.422 e. The first-order valence-electron chi connectivity index (χ1n) is 6.06. The molecule has 0 saturated carbocycles. The van der Waals surface area contributed by atoms with Crippen LogP contribution in [0.15, 0.2) is 42.6 Å². The van der Waals surface area contributed by atoms with E-state index in [4.69, 9.17) is 11.6 Å². The number of benzene rings is 1. The fraction of sp³-hybridized carbons (Fsp3) is 0.143. The van der Waals surface area contributed by atoms with Crippen molar-refractivity contribution in [1.82, 2.24) is 4.98 Å². The van der Waals surface area contributed by atoms with Crippen LogP contribution in [0.4, 0.5) is 18.9 Å². The predicted octanol–water partition coefficient (Wildman–Crippen LogP) is 3.93. The van der Waals surface area contributed by atoms with Gasteiger partial charge in [0, 0.05) is 16.9 Å². The summed E-state index contributed by atoms with van der Waals surface area (Å²) in [5.74, 6) is -1.01. The highest BCUT2D eigenvalue weighted by Gasteiger charge is 2.29. The molecule has 1 N–H and O–H groups in total. The molecule has 0 bridgehead atoms. The highest BCUT2D eigenvalue weighted by atomic mass is 35.5. The molecule has 0 fully saturated rings. The Balaban J connectivity index is 2.13. The smallest absolute Gasteiger partial charge is 0.422 e. The molecule has 2 aromatic rings. The number of hydrogen-bond donors (Lipinski definition) is 1. The van der Waals surface area contributed by atoms with Crippen molar-refractivity contribution < 1.29 is 22.7 Å². The third kappa shape index (κ3) is 4.63. The fourth-order valence-corrected chi connectivity index (χ4v) is 1.69. The molecule has 0 atom stereocenters. The average Bonchev–Trinajstić information content (AvgIpc) is 2.47. The predicted molar refractivity (Wildman–Crippen MR) is 75.2 cm³/mol. The van der Waals surface area contributed by atoms with Crippen LogP contribution in [0.5, 0.6) is 5.88 Å². The number of alkyl halides is 3. The van der Waals surface area contributed by atoms with Gasteiger partial charge in [-0.05, 0) is 36.4 Å². The fourth-order valence-electron chi connectivity index (χ4n) is 1.56. The lowest BCUT2D eigenvalue weighted by molar-refractivity contribution is -0.154. The second-order valence-corrected chi connectivity index (χ2v) is 4.66. The van der Waals surface area contributed by atoms with Crippen molar-refractivity contribution in [3.05, 3.63) is 53.2 Å². The summed E-state index contributed by atoms with van der Waals surface area (Å²) in [6.45, 7) is -1.52. The summed E-state index contributed by atoms with van der Waals surface area (Å²) in [7, 11) is 0. The summed E-state index contributed by atoms with van der Waals surface area (Å²) in [4.78, 5) is 15.8. The van der Waals surface area contributed by atoms with E-state index in [-0.39, 0.29) is 11.4 Å². The van der Waals surface area contributed by atoms with Crippen molar-refractivity contribution in [3.8, 4) is 5.88 Å². The van der Waals surface area contributed by atoms with Crippen molar-refractivity contribution in [1.29, 1.82) is 0 Å². The lowest BCUT2D eigenvalue weighted by atomic mass is 10.2.